The lowest BCUT2D eigenvalue weighted by Gasteiger charge is -2.06. The summed E-state index contributed by atoms with van der Waals surface area (Å²) in [5.41, 5.74) is 6.23. The highest BCUT2D eigenvalue weighted by Crippen LogP contribution is 2.39. The Kier molecular flexibility index (Phi) is 2.57. The van der Waals surface area contributed by atoms with E-state index in [2.05, 4.69) is 34.6 Å². The van der Waals surface area contributed by atoms with Crippen molar-refractivity contribution in [3.8, 4) is 11.3 Å². The second kappa shape index (κ2) is 4.45. The number of hydrogen-bond acceptors (Lipinski definition) is 2. The first-order chi connectivity index (χ1) is 10.2. The molecule has 0 saturated carbocycles. The summed E-state index contributed by atoms with van der Waals surface area (Å²) < 4.78 is 13.3. The number of fused-ring (bicyclic) bond motifs is 3. The minimum atomic E-state index is -0.198. The first-order valence-electron chi connectivity index (χ1n) is 6.90. The molecule has 0 spiro atoms. The number of nitrogens with one attached hydrogen (secondary N) is 2. The van der Waals surface area contributed by atoms with Crippen molar-refractivity contribution >= 4 is 11.5 Å². The highest BCUT2D eigenvalue weighted by molar-refractivity contribution is 5.79. The summed E-state index contributed by atoms with van der Waals surface area (Å²) in [7, 11) is 0. The van der Waals surface area contributed by atoms with Gasteiger partial charge in [-0.3, -0.25) is 5.10 Å². The fourth-order valence-corrected chi connectivity index (χ4v) is 2.86. The Morgan fingerprint density at radius 1 is 1.19 bits per heavy atom. The average Bonchev–Trinajstić information content (AvgIpc) is 2.98. The molecule has 0 amide bonds. The van der Waals surface area contributed by atoms with Crippen LogP contribution in [0.2, 0.25) is 0 Å². The van der Waals surface area contributed by atoms with E-state index in [1.54, 1.807) is 12.1 Å². The maximum absolute atomic E-state index is 13.3. The van der Waals surface area contributed by atoms with Gasteiger partial charge in [0.2, 0.25) is 0 Å². The number of benzene rings is 2. The predicted molar refractivity (Wildman–Crippen MR) is 81.2 cm³/mol. The molecule has 4 rings (SSSR count). The van der Waals surface area contributed by atoms with Gasteiger partial charge in [0.15, 0.2) is 0 Å². The molecular weight excluding hydrogens is 265 g/mol. The molecule has 0 radical (unpaired) electrons. The molecule has 3 nitrogen and oxygen atoms in total. The fraction of sp³-hybridized carbons (Fsp3) is 0.118. The van der Waals surface area contributed by atoms with Crippen LogP contribution < -0.4 is 5.32 Å². The summed E-state index contributed by atoms with van der Waals surface area (Å²) in [4.78, 5) is 0. The van der Waals surface area contributed by atoms with Gasteiger partial charge in [0.25, 0.3) is 0 Å². The monoisotopic (exact) mass is 279 g/mol. The van der Waals surface area contributed by atoms with Crippen LogP contribution in [-0.4, -0.2) is 10.2 Å². The average molecular weight is 279 g/mol. The third-order valence-electron chi connectivity index (χ3n) is 3.84. The molecule has 0 aliphatic heterocycles. The van der Waals surface area contributed by atoms with E-state index in [0.29, 0.717) is 6.42 Å². The van der Waals surface area contributed by atoms with Gasteiger partial charge in [-0.25, -0.2) is 4.39 Å². The van der Waals surface area contributed by atoms with E-state index >= 15 is 0 Å². The van der Waals surface area contributed by atoms with Crippen LogP contribution in [0, 0.1) is 12.7 Å². The zero-order chi connectivity index (χ0) is 14.4. The van der Waals surface area contributed by atoms with Gasteiger partial charge in [0.05, 0.1) is 5.69 Å². The number of H-pyrrole nitrogens is 1. The number of rotatable bonds is 2. The Balaban J connectivity index is 1.71. The normalized spacial score (nSPS) is 12.1. The number of anilines is 2. The lowest BCUT2D eigenvalue weighted by atomic mass is 10.1. The van der Waals surface area contributed by atoms with E-state index < -0.39 is 0 Å². The fourth-order valence-electron chi connectivity index (χ4n) is 2.86. The summed E-state index contributed by atoms with van der Waals surface area (Å²) in [6.45, 7) is 2.06. The van der Waals surface area contributed by atoms with Crippen molar-refractivity contribution in [3.63, 3.8) is 0 Å². The lowest BCUT2D eigenvalue weighted by Crippen LogP contribution is -1.95. The van der Waals surface area contributed by atoms with Crippen LogP contribution in [0.3, 0.4) is 0 Å². The van der Waals surface area contributed by atoms with Crippen molar-refractivity contribution in [3.05, 3.63) is 65.0 Å². The van der Waals surface area contributed by atoms with Crippen molar-refractivity contribution in [1.82, 2.24) is 10.2 Å². The van der Waals surface area contributed by atoms with Gasteiger partial charge in [0, 0.05) is 23.2 Å². The van der Waals surface area contributed by atoms with E-state index in [1.807, 2.05) is 12.1 Å². The number of halogens is 1. The SMILES string of the molecule is Cc1cccc(Nc2[nH]nc3c2Cc2cc(F)ccc2-3)c1. The molecule has 21 heavy (non-hydrogen) atoms. The van der Waals surface area contributed by atoms with Crippen LogP contribution >= 0.6 is 0 Å². The molecule has 0 atom stereocenters. The highest BCUT2D eigenvalue weighted by Gasteiger charge is 2.25. The molecule has 4 heteroatoms. The summed E-state index contributed by atoms with van der Waals surface area (Å²) in [6.07, 6.45) is 0.701. The second-order valence-electron chi connectivity index (χ2n) is 5.40. The van der Waals surface area contributed by atoms with Gasteiger partial charge in [-0.1, -0.05) is 12.1 Å². The highest BCUT2D eigenvalue weighted by atomic mass is 19.1. The zero-order valence-corrected chi connectivity index (χ0v) is 11.6. The van der Waals surface area contributed by atoms with Crippen molar-refractivity contribution in [2.45, 2.75) is 13.3 Å². The summed E-state index contributed by atoms with van der Waals surface area (Å²) in [5.74, 6) is 0.684. The maximum Gasteiger partial charge on any atom is 0.130 e. The van der Waals surface area contributed by atoms with Crippen molar-refractivity contribution < 1.29 is 4.39 Å². The van der Waals surface area contributed by atoms with Gasteiger partial charge >= 0.3 is 0 Å². The summed E-state index contributed by atoms with van der Waals surface area (Å²) >= 11 is 0. The lowest BCUT2D eigenvalue weighted by molar-refractivity contribution is 0.626. The maximum atomic E-state index is 13.3. The second-order valence-corrected chi connectivity index (χ2v) is 5.40. The number of aromatic amines is 1. The van der Waals surface area contributed by atoms with Gasteiger partial charge in [-0.2, -0.15) is 5.10 Å². The Bertz CT molecular complexity index is 836. The van der Waals surface area contributed by atoms with Gasteiger partial charge in [-0.05, 0) is 48.4 Å². The van der Waals surface area contributed by atoms with Crippen LogP contribution in [0.5, 0.6) is 0 Å². The number of aryl methyl sites for hydroxylation is 1. The minimum absolute atomic E-state index is 0.198. The number of nitrogens with zero attached hydrogens (tertiary/aromatic N) is 1. The Morgan fingerprint density at radius 3 is 2.95 bits per heavy atom. The zero-order valence-electron chi connectivity index (χ0n) is 11.6. The van der Waals surface area contributed by atoms with E-state index in [-0.39, 0.29) is 5.82 Å². The molecule has 0 unspecified atom stereocenters. The Hall–Kier alpha value is -2.62. The third-order valence-corrected chi connectivity index (χ3v) is 3.84. The number of aromatic nitrogens is 2. The summed E-state index contributed by atoms with van der Waals surface area (Å²) in [5, 5.41) is 10.8. The first-order valence-corrected chi connectivity index (χ1v) is 6.90. The molecule has 2 N–H and O–H groups in total. The Morgan fingerprint density at radius 2 is 2.10 bits per heavy atom. The van der Waals surface area contributed by atoms with Crippen LogP contribution in [0.15, 0.2) is 42.5 Å². The topological polar surface area (TPSA) is 40.7 Å². The molecule has 1 aliphatic carbocycles. The largest absolute Gasteiger partial charge is 0.340 e. The third kappa shape index (κ3) is 2.00. The van der Waals surface area contributed by atoms with Gasteiger partial charge < -0.3 is 5.32 Å². The van der Waals surface area contributed by atoms with Crippen molar-refractivity contribution in [1.29, 1.82) is 0 Å². The van der Waals surface area contributed by atoms with E-state index in [1.165, 1.54) is 11.6 Å². The van der Waals surface area contributed by atoms with Crippen LogP contribution in [-0.2, 0) is 6.42 Å². The molecule has 1 heterocycles. The molecule has 0 fully saturated rings. The molecule has 3 aromatic rings. The van der Waals surface area contributed by atoms with E-state index in [0.717, 1.165) is 33.9 Å². The molecule has 2 aromatic carbocycles. The van der Waals surface area contributed by atoms with Crippen LogP contribution in [0.1, 0.15) is 16.7 Å². The quantitative estimate of drug-likeness (QED) is 0.578. The van der Waals surface area contributed by atoms with Crippen LogP contribution in [0.4, 0.5) is 15.9 Å². The predicted octanol–water partition coefficient (Wildman–Crippen LogP) is 4.17. The van der Waals surface area contributed by atoms with E-state index in [9.17, 15) is 4.39 Å². The Labute approximate surface area is 121 Å². The van der Waals surface area contributed by atoms with Gasteiger partial charge in [0.1, 0.15) is 11.6 Å². The molecule has 0 bridgehead atoms. The van der Waals surface area contributed by atoms with Crippen molar-refractivity contribution in [2.75, 3.05) is 5.32 Å². The van der Waals surface area contributed by atoms with E-state index in [4.69, 9.17) is 0 Å². The molecule has 1 aromatic heterocycles. The smallest absolute Gasteiger partial charge is 0.130 e. The summed E-state index contributed by atoms with van der Waals surface area (Å²) in [6, 6.07) is 13.0. The molecular formula is C17H14FN3. The minimum Gasteiger partial charge on any atom is -0.340 e. The molecule has 104 valence electrons. The number of hydrogen-bond donors (Lipinski definition) is 2. The van der Waals surface area contributed by atoms with Crippen LogP contribution in [0.25, 0.3) is 11.3 Å². The molecule has 0 saturated heterocycles. The first kappa shape index (κ1) is 12.1. The standard InChI is InChI=1S/C17H14FN3/c1-10-3-2-4-13(7-10)19-17-15-9-11-8-12(18)5-6-14(11)16(15)20-21-17/h2-8H,9H2,1H3,(H2,19,20,21). The molecule has 1 aliphatic rings. The van der Waals surface area contributed by atoms with Gasteiger partial charge in [-0.15, -0.1) is 0 Å². The van der Waals surface area contributed by atoms with Crippen molar-refractivity contribution in [2.24, 2.45) is 0 Å².